The molecule has 1 aromatic heterocycles. The molecule has 90 valence electrons. The molecular weight excluding hydrogens is 222 g/mol. The number of carbonyl (C=O) groups is 1. The van der Waals surface area contributed by atoms with Crippen LogP contribution in [0.1, 0.15) is 36.1 Å². The lowest BCUT2D eigenvalue weighted by atomic mass is 10.1. The van der Waals surface area contributed by atoms with Crippen LogP contribution < -0.4 is 10.1 Å². The first-order valence-electron chi connectivity index (χ1n) is 5.27. The average Bonchev–Trinajstić information content (AvgIpc) is 2.29. The lowest BCUT2D eigenvalue weighted by Crippen LogP contribution is -2.42. The van der Waals surface area contributed by atoms with Crippen LogP contribution in [-0.4, -0.2) is 11.6 Å². The highest BCUT2D eigenvalue weighted by molar-refractivity contribution is 7.12. The van der Waals surface area contributed by atoms with Crippen molar-refractivity contribution in [3.05, 3.63) is 15.3 Å². The van der Waals surface area contributed by atoms with Crippen LogP contribution in [0.5, 0.6) is 5.75 Å². The topological polar surface area (TPSA) is 38.3 Å². The van der Waals surface area contributed by atoms with Gasteiger partial charge in [-0.1, -0.05) is 0 Å². The summed E-state index contributed by atoms with van der Waals surface area (Å²) < 4.78 is 5.33. The van der Waals surface area contributed by atoms with Crippen LogP contribution in [0.15, 0.2) is 0 Å². The number of nitrogens with one attached hydrogen (secondary N) is 1. The van der Waals surface area contributed by atoms with Crippen LogP contribution in [-0.2, 0) is 0 Å². The van der Waals surface area contributed by atoms with E-state index in [9.17, 15) is 4.79 Å². The van der Waals surface area contributed by atoms with E-state index in [2.05, 4.69) is 5.32 Å². The summed E-state index contributed by atoms with van der Waals surface area (Å²) in [6.07, 6.45) is -0.392. The highest BCUT2D eigenvalue weighted by Crippen LogP contribution is 2.33. The first-order valence-corrected chi connectivity index (χ1v) is 6.09. The van der Waals surface area contributed by atoms with Gasteiger partial charge in [-0.2, -0.15) is 0 Å². The van der Waals surface area contributed by atoms with Crippen molar-refractivity contribution in [3.63, 3.8) is 0 Å². The standard InChI is InChI=1S/C12H19NO2S/c1-7-8(2)16-9(3)10(7)15-11(14)13-12(4,5)6/h1-6H3,(H,13,14). The minimum absolute atomic E-state index is 0.274. The maximum atomic E-state index is 11.6. The van der Waals surface area contributed by atoms with E-state index < -0.39 is 6.09 Å². The van der Waals surface area contributed by atoms with Gasteiger partial charge in [0, 0.05) is 20.9 Å². The van der Waals surface area contributed by atoms with Gasteiger partial charge in [0.25, 0.3) is 0 Å². The number of carbonyl (C=O) groups excluding carboxylic acids is 1. The molecule has 0 spiro atoms. The zero-order valence-corrected chi connectivity index (χ0v) is 11.5. The van der Waals surface area contributed by atoms with Crippen molar-refractivity contribution in [1.82, 2.24) is 5.32 Å². The van der Waals surface area contributed by atoms with Gasteiger partial charge in [0.1, 0.15) is 5.75 Å². The van der Waals surface area contributed by atoms with E-state index in [0.717, 1.165) is 10.4 Å². The number of amides is 1. The molecule has 0 atom stereocenters. The molecule has 16 heavy (non-hydrogen) atoms. The number of ether oxygens (including phenoxy) is 1. The summed E-state index contributed by atoms with van der Waals surface area (Å²) in [4.78, 5) is 13.8. The van der Waals surface area contributed by atoms with E-state index in [1.807, 2.05) is 41.5 Å². The lowest BCUT2D eigenvalue weighted by molar-refractivity contribution is 0.190. The van der Waals surface area contributed by atoms with Crippen molar-refractivity contribution >= 4 is 17.4 Å². The zero-order valence-electron chi connectivity index (χ0n) is 10.7. The van der Waals surface area contributed by atoms with E-state index in [1.165, 1.54) is 4.88 Å². The minimum Gasteiger partial charge on any atom is -0.409 e. The highest BCUT2D eigenvalue weighted by Gasteiger charge is 2.18. The third-order valence-electron chi connectivity index (χ3n) is 2.17. The molecule has 1 amide bonds. The normalized spacial score (nSPS) is 11.4. The Bertz CT molecular complexity index is 402. The van der Waals surface area contributed by atoms with Gasteiger partial charge in [0.2, 0.25) is 0 Å². The fraction of sp³-hybridized carbons (Fsp3) is 0.583. The second-order valence-corrected chi connectivity index (χ2v) is 6.36. The molecule has 1 rings (SSSR count). The molecule has 0 saturated carbocycles. The van der Waals surface area contributed by atoms with Crippen molar-refractivity contribution in [2.24, 2.45) is 0 Å². The van der Waals surface area contributed by atoms with Gasteiger partial charge in [0.15, 0.2) is 0 Å². The molecule has 0 aliphatic rings. The van der Waals surface area contributed by atoms with Crippen molar-refractivity contribution in [1.29, 1.82) is 0 Å². The summed E-state index contributed by atoms with van der Waals surface area (Å²) >= 11 is 1.65. The number of hydrogen-bond acceptors (Lipinski definition) is 3. The molecule has 1 N–H and O–H groups in total. The molecule has 0 fully saturated rings. The van der Waals surface area contributed by atoms with Gasteiger partial charge in [-0.15, -0.1) is 11.3 Å². The Hall–Kier alpha value is -1.03. The van der Waals surface area contributed by atoms with Gasteiger partial charge in [-0.25, -0.2) is 4.79 Å². The highest BCUT2D eigenvalue weighted by atomic mass is 32.1. The molecule has 3 nitrogen and oxygen atoms in total. The average molecular weight is 241 g/mol. The van der Waals surface area contributed by atoms with Crippen molar-refractivity contribution in [3.8, 4) is 5.75 Å². The fourth-order valence-electron chi connectivity index (χ4n) is 1.35. The van der Waals surface area contributed by atoms with Crippen LogP contribution >= 0.6 is 11.3 Å². The minimum atomic E-state index is -0.392. The predicted molar refractivity (Wildman–Crippen MR) is 67.4 cm³/mol. The van der Waals surface area contributed by atoms with E-state index in [1.54, 1.807) is 11.3 Å². The molecule has 0 aromatic carbocycles. The maximum Gasteiger partial charge on any atom is 0.413 e. The first kappa shape index (κ1) is 13.0. The number of rotatable bonds is 1. The summed E-state index contributed by atoms with van der Waals surface area (Å²) in [5.41, 5.74) is 0.774. The number of aryl methyl sites for hydroxylation is 2. The molecule has 0 unspecified atom stereocenters. The van der Waals surface area contributed by atoms with Gasteiger partial charge < -0.3 is 10.1 Å². The molecule has 0 saturated heterocycles. The van der Waals surface area contributed by atoms with Crippen molar-refractivity contribution < 1.29 is 9.53 Å². The van der Waals surface area contributed by atoms with E-state index in [0.29, 0.717) is 5.75 Å². The van der Waals surface area contributed by atoms with Crippen LogP contribution in [0.3, 0.4) is 0 Å². The molecule has 0 aliphatic heterocycles. The third kappa shape index (κ3) is 3.23. The van der Waals surface area contributed by atoms with Crippen LogP contribution in [0, 0.1) is 20.8 Å². The molecule has 0 bridgehead atoms. The summed E-state index contributed by atoms with van der Waals surface area (Å²) in [5.74, 6) is 0.698. The number of hydrogen-bond donors (Lipinski definition) is 1. The Morgan fingerprint density at radius 1 is 1.19 bits per heavy atom. The summed E-state index contributed by atoms with van der Waals surface area (Å²) in [5, 5.41) is 2.77. The third-order valence-corrected chi connectivity index (χ3v) is 3.27. The Balaban J connectivity index is 2.78. The van der Waals surface area contributed by atoms with Gasteiger partial charge >= 0.3 is 6.09 Å². The molecule has 1 aromatic rings. The van der Waals surface area contributed by atoms with Crippen LogP contribution in [0.4, 0.5) is 4.79 Å². The summed E-state index contributed by atoms with van der Waals surface area (Å²) in [6, 6.07) is 0. The van der Waals surface area contributed by atoms with Crippen molar-refractivity contribution in [2.45, 2.75) is 47.1 Å². The SMILES string of the molecule is Cc1sc(C)c(OC(=O)NC(C)(C)C)c1C. The molecule has 1 heterocycles. The second-order valence-electron chi connectivity index (χ2n) is 4.93. The van der Waals surface area contributed by atoms with Gasteiger partial charge in [0.05, 0.1) is 0 Å². The van der Waals surface area contributed by atoms with Gasteiger partial charge in [-0.05, 0) is 41.5 Å². The lowest BCUT2D eigenvalue weighted by Gasteiger charge is -2.20. The van der Waals surface area contributed by atoms with E-state index in [-0.39, 0.29) is 5.54 Å². The second kappa shape index (κ2) is 4.45. The Labute approximate surface area is 101 Å². The Morgan fingerprint density at radius 3 is 2.12 bits per heavy atom. The molecule has 4 heteroatoms. The summed E-state index contributed by atoms with van der Waals surface area (Å²) in [6.45, 7) is 11.7. The van der Waals surface area contributed by atoms with Crippen LogP contribution in [0.2, 0.25) is 0 Å². The van der Waals surface area contributed by atoms with Gasteiger partial charge in [-0.3, -0.25) is 0 Å². The molecule has 0 aliphatic carbocycles. The number of thiophene rings is 1. The van der Waals surface area contributed by atoms with E-state index >= 15 is 0 Å². The predicted octanol–water partition coefficient (Wildman–Crippen LogP) is 3.56. The molecule has 0 radical (unpaired) electrons. The van der Waals surface area contributed by atoms with E-state index in [4.69, 9.17) is 4.74 Å². The Kier molecular flexibility index (Phi) is 3.63. The largest absolute Gasteiger partial charge is 0.413 e. The Morgan fingerprint density at radius 2 is 1.75 bits per heavy atom. The first-order chi connectivity index (χ1) is 7.20. The smallest absolute Gasteiger partial charge is 0.409 e. The molecular formula is C12H19NO2S. The van der Waals surface area contributed by atoms with Crippen LogP contribution in [0.25, 0.3) is 0 Å². The van der Waals surface area contributed by atoms with Crippen molar-refractivity contribution in [2.75, 3.05) is 0 Å². The fourth-order valence-corrected chi connectivity index (χ4v) is 2.34. The zero-order chi connectivity index (χ0) is 12.5. The summed E-state index contributed by atoms with van der Waals surface area (Å²) in [7, 11) is 0. The maximum absolute atomic E-state index is 11.6. The quantitative estimate of drug-likeness (QED) is 0.816. The monoisotopic (exact) mass is 241 g/mol.